The second-order valence-electron chi connectivity index (χ2n) is 6.20. The van der Waals surface area contributed by atoms with Crippen molar-refractivity contribution in [2.24, 2.45) is 0 Å². The van der Waals surface area contributed by atoms with Crippen molar-refractivity contribution in [1.82, 2.24) is 10.2 Å². The maximum atomic E-state index is 12.0. The fourth-order valence-electron chi connectivity index (χ4n) is 2.87. The summed E-state index contributed by atoms with van der Waals surface area (Å²) in [5.74, 6) is 0.0867. The Labute approximate surface area is 131 Å². The third-order valence-corrected chi connectivity index (χ3v) is 4.32. The number of amides is 1. The molecule has 5 nitrogen and oxygen atoms in total. The third kappa shape index (κ3) is 4.29. The average Bonchev–Trinajstić information content (AvgIpc) is 3.34. The lowest BCUT2D eigenvalue weighted by molar-refractivity contribution is -0.125. The number of morpholine rings is 1. The Morgan fingerprint density at radius 2 is 2.14 bits per heavy atom. The van der Waals surface area contributed by atoms with Gasteiger partial charge in [-0.3, -0.25) is 9.69 Å². The number of carbonyl (C=O) groups excluding carboxylic acids is 1. The molecule has 0 aromatic heterocycles. The van der Waals surface area contributed by atoms with Gasteiger partial charge in [-0.05, 0) is 24.8 Å². The van der Waals surface area contributed by atoms with Crippen molar-refractivity contribution in [2.45, 2.75) is 37.5 Å². The summed E-state index contributed by atoms with van der Waals surface area (Å²) in [6.07, 6.45) is 2.26. The second-order valence-corrected chi connectivity index (χ2v) is 6.20. The highest BCUT2D eigenvalue weighted by Gasteiger charge is 2.29. The smallest absolute Gasteiger partial charge is 0.234 e. The first-order valence-corrected chi connectivity index (χ1v) is 8.06. The summed E-state index contributed by atoms with van der Waals surface area (Å²) in [6.45, 7) is 2.35. The molecule has 2 aliphatic rings. The molecule has 1 saturated heterocycles. The molecule has 3 rings (SSSR count). The summed E-state index contributed by atoms with van der Waals surface area (Å²) in [5.41, 5.74) is 0.912. The summed E-state index contributed by atoms with van der Waals surface area (Å²) < 4.78 is 5.54. The molecule has 0 bridgehead atoms. The van der Waals surface area contributed by atoms with Crippen molar-refractivity contribution >= 4 is 5.91 Å². The van der Waals surface area contributed by atoms with Crippen LogP contribution < -0.4 is 5.32 Å². The topological polar surface area (TPSA) is 61.8 Å². The van der Waals surface area contributed by atoms with Crippen LogP contribution in [0.15, 0.2) is 30.3 Å². The normalized spacial score (nSPS) is 24.0. The van der Waals surface area contributed by atoms with Gasteiger partial charge in [-0.1, -0.05) is 30.3 Å². The molecule has 1 aromatic carbocycles. The van der Waals surface area contributed by atoms with Crippen molar-refractivity contribution in [1.29, 1.82) is 0 Å². The molecule has 5 heteroatoms. The first-order chi connectivity index (χ1) is 10.7. The minimum Gasteiger partial charge on any atom is -0.388 e. The summed E-state index contributed by atoms with van der Waals surface area (Å²) in [5, 5.41) is 13.4. The van der Waals surface area contributed by atoms with E-state index in [0.29, 0.717) is 32.2 Å². The summed E-state index contributed by atoms with van der Waals surface area (Å²) in [7, 11) is 0. The number of ether oxygens (including phenoxy) is 1. The lowest BCUT2D eigenvalue weighted by atomic mass is 10.0. The number of benzene rings is 1. The van der Waals surface area contributed by atoms with Crippen LogP contribution in [0.2, 0.25) is 0 Å². The second kappa shape index (κ2) is 7.22. The predicted molar refractivity (Wildman–Crippen MR) is 83.4 cm³/mol. The maximum Gasteiger partial charge on any atom is 0.234 e. The van der Waals surface area contributed by atoms with E-state index in [2.05, 4.69) is 10.2 Å². The predicted octanol–water partition coefficient (Wildman–Crippen LogP) is 1.09. The number of aliphatic hydroxyl groups is 1. The van der Waals surface area contributed by atoms with E-state index >= 15 is 0 Å². The molecule has 2 fully saturated rings. The molecule has 0 spiro atoms. The van der Waals surface area contributed by atoms with Gasteiger partial charge in [-0.25, -0.2) is 0 Å². The van der Waals surface area contributed by atoms with E-state index < -0.39 is 6.10 Å². The highest BCUT2D eigenvalue weighted by Crippen LogP contribution is 2.23. The zero-order valence-corrected chi connectivity index (χ0v) is 12.8. The molecule has 1 heterocycles. The number of carbonyl (C=O) groups is 1. The van der Waals surface area contributed by atoms with Crippen LogP contribution in [0.1, 0.15) is 30.9 Å². The van der Waals surface area contributed by atoms with Crippen LogP contribution in [-0.4, -0.2) is 54.3 Å². The van der Waals surface area contributed by atoms with Crippen LogP contribution in [0, 0.1) is 0 Å². The summed E-state index contributed by atoms with van der Waals surface area (Å²) in [4.78, 5) is 14.1. The fourth-order valence-corrected chi connectivity index (χ4v) is 2.87. The standard InChI is InChI=1S/C17H24N2O3/c20-16(13-4-2-1-3-5-13)10-15-12-22-9-8-19(15)11-17(21)18-14-6-7-14/h1-5,14-16,20H,6-12H2,(H,18,21). The van der Waals surface area contributed by atoms with Crippen LogP contribution >= 0.6 is 0 Å². The van der Waals surface area contributed by atoms with E-state index in [1.807, 2.05) is 30.3 Å². The summed E-state index contributed by atoms with van der Waals surface area (Å²) in [6, 6.07) is 10.1. The quantitative estimate of drug-likeness (QED) is 0.826. The Kier molecular flexibility index (Phi) is 5.08. The third-order valence-electron chi connectivity index (χ3n) is 4.32. The van der Waals surface area contributed by atoms with Crippen molar-refractivity contribution in [3.63, 3.8) is 0 Å². The minimum atomic E-state index is -0.526. The Bertz CT molecular complexity index is 490. The molecule has 2 N–H and O–H groups in total. The van der Waals surface area contributed by atoms with Gasteiger partial charge in [-0.15, -0.1) is 0 Å². The molecule has 1 saturated carbocycles. The van der Waals surface area contributed by atoms with Gasteiger partial charge in [0, 0.05) is 18.6 Å². The molecule has 22 heavy (non-hydrogen) atoms. The molecular formula is C17H24N2O3. The van der Waals surface area contributed by atoms with Gasteiger partial charge < -0.3 is 15.2 Å². The van der Waals surface area contributed by atoms with Gasteiger partial charge in [0.1, 0.15) is 0 Å². The molecule has 1 aliphatic heterocycles. The molecule has 0 radical (unpaired) electrons. The largest absolute Gasteiger partial charge is 0.388 e. The van der Waals surface area contributed by atoms with Crippen molar-refractivity contribution in [3.8, 4) is 0 Å². The van der Waals surface area contributed by atoms with Gasteiger partial charge >= 0.3 is 0 Å². The van der Waals surface area contributed by atoms with E-state index in [1.165, 1.54) is 0 Å². The van der Waals surface area contributed by atoms with Crippen molar-refractivity contribution in [2.75, 3.05) is 26.3 Å². The highest BCUT2D eigenvalue weighted by atomic mass is 16.5. The molecule has 1 amide bonds. The number of nitrogens with one attached hydrogen (secondary N) is 1. The van der Waals surface area contributed by atoms with E-state index in [-0.39, 0.29) is 11.9 Å². The van der Waals surface area contributed by atoms with Crippen LogP contribution in [0.5, 0.6) is 0 Å². The number of rotatable bonds is 6. The van der Waals surface area contributed by atoms with Gasteiger partial charge in [0.25, 0.3) is 0 Å². The molecule has 1 aliphatic carbocycles. The Morgan fingerprint density at radius 3 is 2.86 bits per heavy atom. The van der Waals surface area contributed by atoms with Gasteiger partial charge in [0.2, 0.25) is 5.91 Å². The molecule has 2 atom stereocenters. The van der Waals surface area contributed by atoms with Gasteiger partial charge in [-0.2, -0.15) is 0 Å². The lowest BCUT2D eigenvalue weighted by Crippen LogP contribution is -2.50. The molecular weight excluding hydrogens is 280 g/mol. The van der Waals surface area contributed by atoms with E-state index in [0.717, 1.165) is 24.9 Å². The highest BCUT2D eigenvalue weighted by molar-refractivity contribution is 5.78. The molecule has 2 unspecified atom stereocenters. The zero-order valence-electron chi connectivity index (χ0n) is 12.8. The van der Waals surface area contributed by atoms with E-state index in [4.69, 9.17) is 4.74 Å². The average molecular weight is 304 g/mol. The van der Waals surface area contributed by atoms with E-state index in [1.54, 1.807) is 0 Å². The van der Waals surface area contributed by atoms with Crippen LogP contribution in [0.3, 0.4) is 0 Å². The zero-order chi connectivity index (χ0) is 15.4. The Morgan fingerprint density at radius 1 is 1.36 bits per heavy atom. The number of aliphatic hydroxyl groups excluding tert-OH is 1. The van der Waals surface area contributed by atoms with Crippen molar-refractivity contribution < 1.29 is 14.6 Å². The Hall–Kier alpha value is -1.43. The fraction of sp³-hybridized carbons (Fsp3) is 0.588. The summed E-state index contributed by atoms with van der Waals surface area (Å²) >= 11 is 0. The van der Waals surface area contributed by atoms with Crippen molar-refractivity contribution in [3.05, 3.63) is 35.9 Å². The van der Waals surface area contributed by atoms with Crippen LogP contribution in [-0.2, 0) is 9.53 Å². The first kappa shape index (κ1) is 15.5. The minimum absolute atomic E-state index is 0.0777. The monoisotopic (exact) mass is 304 g/mol. The first-order valence-electron chi connectivity index (χ1n) is 8.06. The Balaban J connectivity index is 1.55. The number of hydrogen-bond acceptors (Lipinski definition) is 4. The van der Waals surface area contributed by atoms with Crippen LogP contribution in [0.4, 0.5) is 0 Å². The van der Waals surface area contributed by atoms with Gasteiger partial charge in [0.05, 0.1) is 25.9 Å². The number of nitrogens with zero attached hydrogens (tertiary/aromatic N) is 1. The lowest BCUT2D eigenvalue weighted by Gasteiger charge is -2.36. The maximum absolute atomic E-state index is 12.0. The molecule has 120 valence electrons. The van der Waals surface area contributed by atoms with Crippen LogP contribution in [0.25, 0.3) is 0 Å². The van der Waals surface area contributed by atoms with E-state index in [9.17, 15) is 9.90 Å². The number of hydrogen-bond donors (Lipinski definition) is 2. The SMILES string of the molecule is O=C(CN1CCOCC1CC(O)c1ccccc1)NC1CC1. The van der Waals surface area contributed by atoms with Gasteiger partial charge in [0.15, 0.2) is 0 Å². The molecule has 1 aromatic rings.